The molecule has 3 rings (SSSR count). The van der Waals surface area contributed by atoms with Crippen molar-refractivity contribution < 1.29 is 22.9 Å². The predicted octanol–water partition coefficient (Wildman–Crippen LogP) is 1.16. The van der Waals surface area contributed by atoms with Crippen LogP contribution in [0.5, 0.6) is 0 Å². The lowest BCUT2D eigenvalue weighted by atomic mass is 10.1. The van der Waals surface area contributed by atoms with E-state index in [9.17, 15) is 23.3 Å². The molecule has 1 aliphatic heterocycles. The average Bonchev–Trinajstić information content (AvgIpc) is 2.72. The predicted molar refractivity (Wildman–Crippen MR) is 105 cm³/mol. The van der Waals surface area contributed by atoms with Crippen molar-refractivity contribution in [2.45, 2.75) is 11.4 Å². The minimum atomic E-state index is -3.72. The normalized spacial score (nSPS) is 14.4. The van der Waals surface area contributed by atoms with E-state index in [0.29, 0.717) is 26.3 Å². The summed E-state index contributed by atoms with van der Waals surface area (Å²) < 4.78 is 28.9. The molecule has 10 nitrogen and oxygen atoms in total. The van der Waals surface area contributed by atoms with Gasteiger partial charge in [-0.1, -0.05) is 6.07 Å². The number of morpholine rings is 1. The van der Waals surface area contributed by atoms with Gasteiger partial charge in [0.15, 0.2) is 9.84 Å². The van der Waals surface area contributed by atoms with E-state index in [1.165, 1.54) is 0 Å². The standard InChI is InChI=1S/C18H20N4O6S/c1-29(26,27)16-10-14(9-15(11-16)22(24)25)18(23)20-12-13-3-2-4-19-17(13)21-5-7-28-8-6-21/h2-4,9-11H,5-8,12H2,1H3,(H,20,23). The first-order valence-corrected chi connectivity index (χ1v) is 10.7. The third-order valence-corrected chi connectivity index (χ3v) is 5.50. The van der Waals surface area contributed by atoms with Gasteiger partial charge in [-0.25, -0.2) is 13.4 Å². The number of rotatable bonds is 6. The van der Waals surface area contributed by atoms with E-state index < -0.39 is 26.4 Å². The number of aromatic nitrogens is 1. The maximum Gasteiger partial charge on any atom is 0.271 e. The molecule has 0 spiro atoms. The minimum Gasteiger partial charge on any atom is -0.378 e. The quantitative estimate of drug-likeness (QED) is 0.544. The second kappa shape index (κ2) is 8.53. The molecule has 1 saturated heterocycles. The second-order valence-electron chi connectivity index (χ2n) is 6.51. The second-order valence-corrected chi connectivity index (χ2v) is 8.53. The Labute approximate surface area is 167 Å². The Morgan fingerprint density at radius 1 is 1.31 bits per heavy atom. The van der Waals surface area contributed by atoms with Crippen LogP contribution in [0, 0.1) is 10.1 Å². The number of hydrogen-bond donors (Lipinski definition) is 1. The van der Waals surface area contributed by atoms with Crippen LogP contribution in [0.3, 0.4) is 0 Å². The molecular formula is C18H20N4O6S. The molecule has 1 fully saturated rings. The van der Waals surface area contributed by atoms with Crippen LogP contribution in [0.2, 0.25) is 0 Å². The number of sulfone groups is 1. The number of nitrogens with one attached hydrogen (secondary N) is 1. The maximum absolute atomic E-state index is 12.6. The third-order valence-electron chi connectivity index (χ3n) is 4.41. The highest BCUT2D eigenvalue weighted by atomic mass is 32.2. The van der Waals surface area contributed by atoms with Gasteiger partial charge in [-0.05, 0) is 12.1 Å². The van der Waals surface area contributed by atoms with E-state index in [2.05, 4.69) is 15.2 Å². The fraction of sp³-hybridized carbons (Fsp3) is 0.333. The number of amides is 1. The van der Waals surface area contributed by atoms with Crippen molar-refractivity contribution in [2.24, 2.45) is 0 Å². The number of nitro groups is 1. The zero-order chi connectivity index (χ0) is 21.0. The van der Waals surface area contributed by atoms with Crippen LogP contribution in [0.25, 0.3) is 0 Å². The Morgan fingerprint density at radius 2 is 2.03 bits per heavy atom. The van der Waals surface area contributed by atoms with E-state index in [1.54, 1.807) is 12.3 Å². The molecule has 0 unspecified atom stereocenters. The van der Waals surface area contributed by atoms with Crippen molar-refractivity contribution in [1.29, 1.82) is 0 Å². The Balaban J connectivity index is 1.81. The summed E-state index contributed by atoms with van der Waals surface area (Å²) in [5.41, 5.74) is 0.210. The van der Waals surface area contributed by atoms with Crippen molar-refractivity contribution in [1.82, 2.24) is 10.3 Å². The third kappa shape index (κ3) is 5.06. The smallest absolute Gasteiger partial charge is 0.271 e. The number of ether oxygens (including phenoxy) is 1. The number of benzene rings is 1. The topological polar surface area (TPSA) is 132 Å². The highest BCUT2D eigenvalue weighted by Crippen LogP contribution is 2.22. The summed E-state index contributed by atoms with van der Waals surface area (Å²) in [4.78, 5) is 29.1. The number of nitrogens with zero attached hydrogens (tertiary/aromatic N) is 3. The molecule has 1 amide bonds. The van der Waals surface area contributed by atoms with Crippen LogP contribution in [-0.4, -0.2) is 56.8 Å². The summed E-state index contributed by atoms with van der Waals surface area (Å²) in [6.45, 7) is 2.67. The Kier molecular flexibility index (Phi) is 6.09. The van der Waals surface area contributed by atoms with E-state index in [1.807, 2.05) is 6.07 Å². The van der Waals surface area contributed by atoms with Crippen LogP contribution >= 0.6 is 0 Å². The van der Waals surface area contributed by atoms with E-state index in [0.717, 1.165) is 35.8 Å². The average molecular weight is 420 g/mol. The van der Waals surface area contributed by atoms with Gasteiger partial charge >= 0.3 is 0 Å². The molecule has 1 aliphatic rings. The highest BCUT2D eigenvalue weighted by Gasteiger charge is 2.20. The molecule has 11 heteroatoms. The Morgan fingerprint density at radius 3 is 2.69 bits per heavy atom. The van der Waals surface area contributed by atoms with Crippen LogP contribution < -0.4 is 10.2 Å². The molecule has 0 bridgehead atoms. The van der Waals surface area contributed by atoms with Crippen molar-refractivity contribution in [3.63, 3.8) is 0 Å². The molecule has 0 saturated carbocycles. The van der Waals surface area contributed by atoms with Crippen molar-refractivity contribution in [2.75, 3.05) is 37.5 Å². The molecule has 2 aromatic rings. The van der Waals surface area contributed by atoms with Crippen LogP contribution in [-0.2, 0) is 21.1 Å². The fourth-order valence-electron chi connectivity index (χ4n) is 2.94. The van der Waals surface area contributed by atoms with Gasteiger partial charge in [0.25, 0.3) is 11.6 Å². The number of hydrogen-bond acceptors (Lipinski definition) is 8. The number of non-ortho nitro benzene ring substituents is 1. The van der Waals surface area contributed by atoms with Gasteiger partial charge in [-0.3, -0.25) is 14.9 Å². The van der Waals surface area contributed by atoms with E-state index >= 15 is 0 Å². The van der Waals surface area contributed by atoms with Crippen LogP contribution in [0.1, 0.15) is 15.9 Å². The number of carbonyl (C=O) groups excluding carboxylic acids is 1. The first-order chi connectivity index (χ1) is 13.8. The van der Waals surface area contributed by atoms with Gasteiger partial charge in [0.1, 0.15) is 5.82 Å². The maximum atomic E-state index is 12.6. The fourth-order valence-corrected chi connectivity index (χ4v) is 3.62. The first kappa shape index (κ1) is 20.7. The summed E-state index contributed by atoms with van der Waals surface area (Å²) in [5, 5.41) is 13.8. The molecule has 2 heterocycles. The summed E-state index contributed by atoms with van der Waals surface area (Å²) >= 11 is 0. The Bertz CT molecular complexity index is 1030. The molecular weight excluding hydrogens is 400 g/mol. The SMILES string of the molecule is CS(=O)(=O)c1cc(C(=O)NCc2cccnc2N2CCOCC2)cc([N+](=O)[O-])c1. The summed E-state index contributed by atoms with van der Waals surface area (Å²) in [5.74, 6) is 0.113. The zero-order valence-corrected chi connectivity index (χ0v) is 16.5. The number of anilines is 1. The van der Waals surface area contributed by atoms with Crippen molar-refractivity contribution >= 4 is 27.2 Å². The van der Waals surface area contributed by atoms with Crippen LogP contribution in [0.4, 0.5) is 11.5 Å². The largest absolute Gasteiger partial charge is 0.378 e. The van der Waals surface area contributed by atoms with E-state index in [-0.39, 0.29) is 17.0 Å². The lowest BCUT2D eigenvalue weighted by Gasteiger charge is -2.29. The molecule has 0 radical (unpaired) electrons. The first-order valence-electron chi connectivity index (χ1n) is 8.80. The zero-order valence-electron chi connectivity index (χ0n) is 15.7. The van der Waals surface area contributed by atoms with E-state index in [4.69, 9.17) is 4.74 Å². The summed E-state index contributed by atoms with van der Waals surface area (Å²) in [7, 11) is -3.72. The van der Waals surface area contributed by atoms with Gasteiger partial charge in [0, 0.05) is 55.3 Å². The molecule has 1 N–H and O–H groups in total. The molecule has 1 aromatic carbocycles. The summed E-state index contributed by atoms with van der Waals surface area (Å²) in [6, 6.07) is 6.69. The van der Waals surface area contributed by atoms with Gasteiger partial charge in [-0.2, -0.15) is 0 Å². The minimum absolute atomic E-state index is 0.101. The summed E-state index contributed by atoms with van der Waals surface area (Å²) in [6.07, 6.45) is 2.59. The highest BCUT2D eigenvalue weighted by molar-refractivity contribution is 7.90. The molecule has 1 aromatic heterocycles. The Hall–Kier alpha value is -3.05. The van der Waals surface area contributed by atoms with Gasteiger partial charge in [0.05, 0.1) is 23.0 Å². The lowest BCUT2D eigenvalue weighted by Crippen LogP contribution is -2.37. The van der Waals surface area contributed by atoms with Gasteiger partial charge in [0.2, 0.25) is 0 Å². The monoisotopic (exact) mass is 420 g/mol. The van der Waals surface area contributed by atoms with Gasteiger partial charge < -0.3 is 15.0 Å². The van der Waals surface area contributed by atoms with Crippen molar-refractivity contribution in [3.8, 4) is 0 Å². The number of nitro benzene ring substituents is 1. The van der Waals surface area contributed by atoms with Gasteiger partial charge in [-0.15, -0.1) is 0 Å². The van der Waals surface area contributed by atoms with Crippen LogP contribution in [0.15, 0.2) is 41.4 Å². The molecule has 0 atom stereocenters. The molecule has 154 valence electrons. The lowest BCUT2D eigenvalue weighted by molar-refractivity contribution is -0.385. The number of pyridine rings is 1. The number of carbonyl (C=O) groups is 1. The molecule has 29 heavy (non-hydrogen) atoms. The molecule has 0 aliphatic carbocycles. The van der Waals surface area contributed by atoms with Crippen molar-refractivity contribution in [3.05, 3.63) is 57.8 Å².